The van der Waals surface area contributed by atoms with Gasteiger partial charge in [-0.3, -0.25) is 4.99 Å². The molecule has 0 radical (unpaired) electrons. The van der Waals surface area contributed by atoms with E-state index in [1.165, 1.54) is 36.6 Å². The molecular formula is C14H28N2S. The topological polar surface area (TPSA) is 24.4 Å². The lowest BCUT2D eigenvalue weighted by Crippen LogP contribution is -2.33. The van der Waals surface area contributed by atoms with Gasteiger partial charge in [0.25, 0.3) is 0 Å². The molecule has 1 rings (SSSR count). The van der Waals surface area contributed by atoms with Crippen LogP contribution in [0.3, 0.4) is 0 Å². The summed E-state index contributed by atoms with van der Waals surface area (Å²) in [5.74, 6) is 2.00. The van der Waals surface area contributed by atoms with Crippen LogP contribution in [0.15, 0.2) is 4.99 Å². The molecule has 3 heteroatoms. The Bertz CT molecular complexity index is 249. The van der Waals surface area contributed by atoms with Crippen molar-refractivity contribution in [3.05, 3.63) is 0 Å². The number of thioether (sulfide) groups is 1. The Hall–Kier alpha value is -0.180. The van der Waals surface area contributed by atoms with Crippen LogP contribution in [0.4, 0.5) is 0 Å². The maximum atomic E-state index is 4.64. The molecule has 2 nitrogen and oxygen atoms in total. The highest BCUT2D eigenvalue weighted by molar-refractivity contribution is 8.13. The molecule has 0 aromatic rings. The van der Waals surface area contributed by atoms with Gasteiger partial charge in [0.2, 0.25) is 0 Å². The molecule has 0 aromatic heterocycles. The summed E-state index contributed by atoms with van der Waals surface area (Å²) < 4.78 is 0. The third kappa shape index (κ3) is 5.80. The molecule has 17 heavy (non-hydrogen) atoms. The van der Waals surface area contributed by atoms with Gasteiger partial charge in [0.15, 0.2) is 5.17 Å². The molecule has 0 fully saturated rings. The summed E-state index contributed by atoms with van der Waals surface area (Å²) in [5.41, 5.74) is 0.377. The molecule has 0 saturated carbocycles. The molecule has 1 heterocycles. The van der Waals surface area contributed by atoms with Gasteiger partial charge in [-0.25, -0.2) is 0 Å². The first-order valence-corrected chi connectivity index (χ1v) is 7.97. The average Bonchev–Trinajstić information content (AvgIpc) is 2.31. The highest BCUT2D eigenvalue weighted by Crippen LogP contribution is 2.27. The van der Waals surface area contributed by atoms with E-state index in [1.54, 1.807) is 0 Å². The van der Waals surface area contributed by atoms with Gasteiger partial charge in [-0.2, -0.15) is 0 Å². The van der Waals surface area contributed by atoms with Crippen molar-refractivity contribution < 1.29 is 0 Å². The summed E-state index contributed by atoms with van der Waals surface area (Å²) in [7, 11) is 0. The van der Waals surface area contributed by atoms with Crippen molar-refractivity contribution in [3.8, 4) is 0 Å². The van der Waals surface area contributed by atoms with Gasteiger partial charge in [-0.1, -0.05) is 58.7 Å². The van der Waals surface area contributed by atoms with Gasteiger partial charge in [0, 0.05) is 18.8 Å². The Morgan fingerprint density at radius 2 is 2.18 bits per heavy atom. The molecule has 1 unspecified atom stereocenters. The van der Waals surface area contributed by atoms with Crippen LogP contribution in [-0.2, 0) is 0 Å². The lowest BCUT2D eigenvalue weighted by molar-refractivity contribution is 0.431. The third-order valence-electron chi connectivity index (χ3n) is 3.34. The minimum absolute atomic E-state index is 0.377. The maximum absolute atomic E-state index is 4.64. The highest BCUT2D eigenvalue weighted by atomic mass is 32.2. The second-order valence-electron chi connectivity index (χ2n) is 5.87. The standard InChI is InChI=1S/C14H28N2S/c1-5-7-8-12(6-2)9-15-13-16-10-14(3,4)11-17-13/h12H,5-11H2,1-4H3,(H,15,16). The predicted octanol–water partition coefficient (Wildman–Crippen LogP) is 3.92. The minimum Gasteiger partial charge on any atom is -0.365 e. The lowest BCUT2D eigenvalue weighted by Gasteiger charge is -2.28. The third-order valence-corrected chi connectivity index (χ3v) is 4.81. The largest absolute Gasteiger partial charge is 0.365 e. The van der Waals surface area contributed by atoms with Crippen molar-refractivity contribution in [2.75, 3.05) is 18.8 Å². The van der Waals surface area contributed by atoms with Gasteiger partial charge < -0.3 is 5.32 Å². The van der Waals surface area contributed by atoms with E-state index in [1.807, 2.05) is 11.8 Å². The second kappa shape index (κ2) is 7.30. The van der Waals surface area contributed by atoms with E-state index in [-0.39, 0.29) is 0 Å². The van der Waals surface area contributed by atoms with Crippen molar-refractivity contribution in [2.45, 2.75) is 53.4 Å². The normalized spacial score (nSPS) is 20.8. The number of aliphatic imine (C=N–C) groups is 1. The molecule has 0 aromatic carbocycles. The van der Waals surface area contributed by atoms with Crippen LogP contribution in [0.5, 0.6) is 0 Å². The molecule has 0 saturated heterocycles. The predicted molar refractivity (Wildman–Crippen MR) is 79.8 cm³/mol. The molecule has 0 amide bonds. The van der Waals surface area contributed by atoms with Gasteiger partial charge in [-0.15, -0.1) is 0 Å². The van der Waals surface area contributed by atoms with Crippen LogP contribution in [0, 0.1) is 11.3 Å². The fourth-order valence-corrected chi connectivity index (χ4v) is 2.88. The zero-order valence-electron chi connectivity index (χ0n) is 11.9. The summed E-state index contributed by atoms with van der Waals surface area (Å²) in [6.07, 6.45) is 5.28. The summed E-state index contributed by atoms with van der Waals surface area (Å²) in [4.78, 5) is 4.64. The Balaban J connectivity index is 2.27. The summed E-state index contributed by atoms with van der Waals surface area (Å²) in [5, 5.41) is 4.70. The molecule has 1 N–H and O–H groups in total. The van der Waals surface area contributed by atoms with Crippen molar-refractivity contribution in [2.24, 2.45) is 16.3 Å². The molecule has 0 spiro atoms. The number of hydrogen-bond donors (Lipinski definition) is 1. The number of nitrogens with one attached hydrogen (secondary N) is 1. The van der Waals surface area contributed by atoms with Gasteiger partial charge in [0.1, 0.15) is 0 Å². The van der Waals surface area contributed by atoms with Crippen LogP contribution >= 0.6 is 11.8 Å². The van der Waals surface area contributed by atoms with Crippen LogP contribution < -0.4 is 5.32 Å². The van der Waals surface area contributed by atoms with Crippen molar-refractivity contribution in [3.63, 3.8) is 0 Å². The fraction of sp³-hybridized carbons (Fsp3) is 0.929. The number of unbranched alkanes of at least 4 members (excludes halogenated alkanes) is 1. The summed E-state index contributed by atoms with van der Waals surface area (Å²) >= 11 is 1.89. The molecule has 0 aliphatic carbocycles. The molecule has 1 aliphatic heterocycles. The molecular weight excluding hydrogens is 228 g/mol. The maximum Gasteiger partial charge on any atom is 0.156 e. The number of hydrogen-bond acceptors (Lipinski definition) is 3. The summed E-state index contributed by atoms with van der Waals surface area (Å²) in [6, 6.07) is 0. The Labute approximate surface area is 111 Å². The first-order valence-electron chi connectivity index (χ1n) is 6.98. The van der Waals surface area contributed by atoms with Crippen molar-refractivity contribution in [1.29, 1.82) is 0 Å². The summed E-state index contributed by atoms with van der Waals surface area (Å²) in [6.45, 7) is 11.2. The van der Waals surface area contributed by atoms with Gasteiger partial charge in [-0.05, 0) is 17.8 Å². The second-order valence-corrected chi connectivity index (χ2v) is 6.84. The average molecular weight is 256 g/mol. The first kappa shape index (κ1) is 14.9. The van der Waals surface area contributed by atoms with E-state index in [0.717, 1.165) is 19.0 Å². The van der Waals surface area contributed by atoms with E-state index in [9.17, 15) is 0 Å². The SMILES string of the molecule is CCCCC(CC)CNC1=NCC(C)(C)CS1. The van der Waals surface area contributed by atoms with E-state index in [4.69, 9.17) is 0 Å². The Morgan fingerprint density at radius 3 is 2.71 bits per heavy atom. The fourth-order valence-electron chi connectivity index (χ4n) is 1.92. The lowest BCUT2D eigenvalue weighted by atomic mass is 9.97. The zero-order valence-corrected chi connectivity index (χ0v) is 12.7. The molecule has 1 aliphatic rings. The minimum atomic E-state index is 0.377. The Morgan fingerprint density at radius 1 is 1.41 bits per heavy atom. The van der Waals surface area contributed by atoms with Crippen molar-refractivity contribution in [1.82, 2.24) is 5.32 Å². The molecule has 1 atom stereocenters. The number of rotatable bonds is 6. The van der Waals surface area contributed by atoms with E-state index in [2.05, 4.69) is 38.0 Å². The van der Waals surface area contributed by atoms with E-state index in [0.29, 0.717) is 5.41 Å². The first-order chi connectivity index (χ1) is 8.07. The van der Waals surface area contributed by atoms with E-state index >= 15 is 0 Å². The zero-order chi connectivity index (χ0) is 12.7. The van der Waals surface area contributed by atoms with Gasteiger partial charge in [0.05, 0.1) is 0 Å². The monoisotopic (exact) mass is 256 g/mol. The number of nitrogens with zero attached hydrogens (tertiary/aromatic N) is 1. The van der Waals surface area contributed by atoms with Gasteiger partial charge >= 0.3 is 0 Å². The van der Waals surface area contributed by atoms with Crippen LogP contribution in [-0.4, -0.2) is 24.0 Å². The number of amidine groups is 1. The van der Waals surface area contributed by atoms with Crippen LogP contribution in [0.25, 0.3) is 0 Å². The van der Waals surface area contributed by atoms with E-state index < -0.39 is 0 Å². The highest BCUT2D eigenvalue weighted by Gasteiger charge is 2.23. The quantitative estimate of drug-likeness (QED) is 0.779. The van der Waals surface area contributed by atoms with Crippen molar-refractivity contribution >= 4 is 16.9 Å². The Kier molecular flexibility index (Phi) is 6.39. The smallest absolute Gasteiger partial charge is 0.156 e. The molecule has 100 valence electrons. The molecule has 0 bridgehead atoms. The van der Waals surface area contributed by atoms with Crippen LogP contribution in [0.2, 0.25) is 0 Å². The van der Waals surface area contributed by atoms with Crippen LogP contribution in [0.1, 0.15) is 53.4 Å².